The van der Waals surface area contributed by atoms with Crippen LogP contribution in [-0.4, -0.2) is 32.3 Å². The highest BCUT2D eigenvalue weighted by molar-refractivity contribution is 7.89. The van der Waals surface area contributed by atoms with Crippen molar-refractivity contribution in [3.05, 3.63) is 27.7 Å². The van der Waals surface area contributed by atoms with Crippen molar-refractivity contribution in [2.45, 2.75) is 17.7 Å². The number of carbonyl (C=O) groups excluding carboxylic acids is 1. The van der Waals surface area contributed by atoms with E-state index < -0.39 is 10.0 Å². The lowest BCUT2D eigenvalue weighted by molar-refractivity contribution is 0.0793. The lowest BCUT2D eigenvalue weighted by Gasteiger charge is -2.17. The molecule has 1 aliphatic heterocycles. The molecule has 19 heavy (non-hydrogen) atoms. The Balaban J connectivity index is 2.50. The number of sulfonamides is 1. The van der Waals surface area contributed by atoms with Crippen LogP contribution in [0.15, 0.2) is 17.0 Å². The molecule has 0 aliphatic carbocycles. The summed E-state index contributed by atoms with van der Waals surface area (Å²) in [6.45, 7) is 1.26. The largest absolute Gasteiger partial charge is 0.339 e. The summed E-state index contributed by atoms with van der Waals surface area (Å²) < 4.78 is 22.7. The van der Waals surface area contributed by atoms with Gasteiger partial charge in [0.15, 0.2) is 0 Å². The first-order chi connectivity index (χ1) is 8.80. The van der Waals surface area contributed by atoms with Crippen molar-refractivity contribution in [3.63, 3.8) is 0 Å². The number of amides is 1. The van der Waals surface area contributed by atoms with Crippen molar-refractivity contribution in [2.75, 3.05) is 13.1 Å². The third kappa shape index (κ3) is 3.02. The van der Waals surface area contributed by atoms with Gasteiger partial charge in [0.2, 0.25) is 10.0 Å². The quantitative estimate of drug-likeness (QED) is 0.902. The number of benzene rings is 1. The van der Waals surface area contributed by atoms with E-state index in [0.29, 0.717) is 13.1 Å². The standard InChI is InChI=1S/C11H12Cl2N2O3S/c12-9-6-7(19(14,17)18)5-8(10(9)13)11(16)15-3-1-2-4-15/h5-6H,1-4H2,(H2,14,17,18). The first kappa shape index (κ1) is 14.6. The van der Waals surface area contributed by atoms with Gasteiger partial charge in [-0.05, 0) is 25.0 Å². The second-order valence-corrected chi connectivity index (χ2v) is 6.66. The molecule has 0 aromatic heterocycles. The van der Waals surface area contributed by atoms with Crippen molar-refractivity contribution in [1.82, 2.24) is 4.90 Å². The third-order valence-electron chi connectivity index (χ3n) is 2.95. The van der Waals surface area contributed by atoms with E-state index >= 15 is 0 Å². The molecule has 2 rings (SSSR count). The van der Waals surface area contributed by atoms with Crippen LogP contribution in [0, 0.1) is 0 Å². The Hall–Kier alpha value is -0.820. The summed E-state index contributed by atoms with van der Waals surface area (Å²) in [7, 11) is -3.94. The van der Waals surface area contributed by atoms with Gasteiger partial charge in [-0.3, -0.25) is 4.79 Å². The van der Waals surface area contributed by atoms with Crippen LogP contribution in [0.4, 0.5) is 0 Å². The zero-order valence-electron chi connectivity index (χ0n) is 9.90. The lowest BCUT2D eigenvalue weighted by Crippen LogP contribution is -2.28. The average Bonchev–Trinajstić information content (AvgIpc) is 2.83. The predicted molar refractivity (Wildman–Crippen MR) is 73.0 cm³/mol. The van der Waals surface area contributed by atoms with Crippen LogP contribution in [0.5, 0.6) is 0 Å². The normalized spacial score (nSPS) is 15.8. The zero-order chi connectivity index (χ0) is 14.2. The number of hydrogen-bond donors (Lipinski definition) is 1. The van der Waals surface area contributed by atoms with Gasteiger partial charge in [0, 0.05) is 13.1 Å². The van der Waals surface area contributed by atoms with E-state index in [1.807, 2.05) is 0 Å². The lowest BCUT2D eigenvalue weighted by atomic mass is 10.2. The third-order valence-corrected chi connectivity index (χ3v) is 4.65. The van der Waals surface area contributed by atoms with Crippen molar-refractivity contribution in [1.29, 1.82) is 0 Å². The Labute approximate surface area is 121 Å². The maximum atomic E-state index is 12.2. The molecule has 8 heteroatoms. The maximum Gasteiger partial charge on any atom is 0.255 e. The SMILES string of the molecule is NS(=O)(=O)c1cc(Cl)c(Cl)c(C(=O)N2CCCC2)c1. The van der Waals surface area contributed by atoms with Crippen LogP contribution in [-0.2, 0) is 10.0 Å². The molecule has 0 unspecified atom stereocenters. The van der Waals surface area contributed by atoms with Crippen molar-refractivity contribution in [2.24, 2.45) is 5.14 Å². The Morgan fingerprint density at radius 3 is 2.32 bits per heavy atom. The molecule has 1 saturated heterocycles. The fourth-order valence-electron chi connectivity index (χ4n) is 1.97. The van der Waals surface area contributed by atoms with E-state index in [4.69, 9.17) is 28.3 Å². The first-order valence-corrected chi connectivity index (χ1v) is 7.92. The van der Waals surface area contributed by atoms with Crippen molar-refractivity contribution in [3.8, 4) is 0 Å². The van der Waals surface area contributed by atoms with Gasteiger partial charge in [0.25, 0.3) is 5.91 Å². The zero-order valence-corrected chi connectivity index (χ0v) is 12.2. The molecule has 0 saturated carbocycles. The van der Waals surface area contributed by atoms with Crippen LogP contribution in [0.25, 0.3) is 0 Å². The number of carbonyl (C=O) groups is 1. The second-order valence-electron chi connectivity index (χ2n) is 4.31. The fraction of sp³-hybridized carbons (Fsp3) is 0.364. The smallest absolute Gasteiger partial charge is 0.255 e. The monoisotopic (exact) mass is 322 g/mol. The van der Waals surface area contributed by atoms with Crippen molar-refractivity contribution >= 4 is 39.1 Å². The van der Waals surface area contributed by atoms with E-state index in [1.165, 1.54) is 6.07 Å². The van der Waals surface area contributed by atoms with Gasteiger partial charge < -0.3 is 4.90 Å². The van der Waals surface area contributed by atoms with Crippen LogP contribution in [0.2, 0.25) is 10.0 Å². The van der Waals surface area contributed by atoms with Crippen molar-refractivity contribution < 1.29 is 13.2 Å². The van der Waals surface area contributed by atoms with Gasteiger partial charge in [0.1, 0.15) is 0 Å². The van der Waals surface area contributed by atoms with E-state index in [2.05, 4.69) is 0 Å². The van der Waals surface area contributed by atoms with E-state index in [0.717, 1.165) is 18.9 Å². The minimum absolute atomic E-state index is 0.00395. The summed E-state index contributed by atoms with van der Waals surface area (Å²) in [6, 6.07) is 2.31. The molecule has 1 heterocycles. The summed E-state index contributed by atoms with van der Waals surface area (Å²) in [4.78, 5) is 13.6. The Morgan fingerprint density at radius 1 is 1.21 bits per heavy atom. The minimum atomic E-state index is -3.94. The summed E-state index contributed by atoms with van der Waals surface area (Å²) in [5.74, 6) is -0.324. The molecule has 104 valence electrons. The highest BCUT2D eigenvalue weighted by atomic mass is 35.5. The van der Waals surface area contributed by atoms with Gasteiger partial charge in [-0.1, -0.05) is 23.2 Å². The molecule has 1 amide bonds. The average molecular weight is 323 g/mol. The number of likely N-dealkylation sites (tertiary alicyclic amines) is 1. The Kier molecular flexibility index (Phi) is 4.06. The second kappa shape index (κ2) is 5.28. The summed E-state index contributed by atoms with van der Waals surface area (Å²) in [5.41, 5.74) is 0.0695. The summed E-state index contributed by atoms with van der Waals surface area (Å²) >= 11 is 11.8. The molecule has 0 spiro atoms. The van der Waals surface area contributed by atoms with Gasteiger partial charge in [0.05, 0.1) is 20.5 Å². The number of nitrogens with two attached hydrogens (primary N) is 1. The minimum Gasteiger partial charge on any atom is -0.339 e. The molecular formula is C11H12Cl2N2O3S. The summed E-state index contributed by atoms with van der Waals surface area (Å²) in [6.07, 6.45) is 1.85. The predicted octanol–water partition coefficient (Wildman–Crippen LogP) is 1.88. The molecule has 5 nitrogen and oxygen atoms in total. The molecular weight excluding hydrogens is 311 g/mol. The Bertz CT molecular complexity index is 625. The molecule has 0 atom stereocenters. The van der Waals surface area contributed by atoms with Crippen LogP contribution < -0.4 is 5.14 Å². The van der Waals surface area contributed by atoms with E-state index in [-0.39, 0.29) is 26.4 Å². The van der Waals surface area contributed by atoms with Gasteiger partial charge in [-0.15, -0.1) is 0 Å². The van der Waals surface area contributed by atoms with Crippen LogP contribution in [0.1, 0.15) is 23.2 Å². The molecule has 1 aromatic rings. The van der Waals surface area contributed by atoms with Gasteiger partial charge in [-0.2, -0.15) is 0 Å². The molecule has 1 aromatic carbocycles. The molecule has 0 radical (unpaired) electrons. The van der Waals surface area contributed by atoms with E-state index in [9.17, 15) is 13.2 Å². The van der Waals surface area contributed by atoms with Gasteiger partial charge >= 0.3 is 0 Å². The number of primary sulfonamides is 1. The number of nitrogens with zero attached hydrogens (tertiary/aromatic N) is 1. The fourth-order valence-corrected chi connectivity index (χ4v) is 3.01. The Morgan fingerprint density at radius 2 is 1.79 bits per heavy atom. The highest BCUT2D eigenvalue weighted by Crippen LogP contribution is 2.30. The number of hydrogen-bond acceptors (Lipinski definition) is 3. The van der Waals surface area contributed by atoms with E-state index in [1.54, 1.807) is 4.90 Å². The molecule has 1 fully saturated rings. The first-order valence-electron chi connectivity index (χ1n) is 5.62. The van der Waals surface area contributed by atoms with Gasteiger partial charge in [-0.25, -0.2) is 13.6 Å². The molecule has 2 N–H and O–H groups in total. The number of rotatable bonds is 2. The van der Waals surface area contributed by atoms with Crippen LogP contribution >= 0.6 is 23.2 Å². The highest BCUT2D eigenvalue weighted by Gasteiger charge is 2.24. The molecule has 1 aliphatic rings. The molecule has 0 bridgehead atoms. The topological polar surface area (TPSA) is 80.5 Å². The maximum absolute atomic E-state index is 12.2. The van der Waals surface area contributed by atoms with Crippen LogP contribution in [0.3, 0.4) is 0 Å². The summed E-state index contributed by atoms with van der Waals surface area (Å²) in [5, 5.41) is 5.09. The number of halogens is 2.